The van der Waals surface area contributed by atoms with Crippen molar-refractivity contribution in [3.63, 3.8) is 0 Å². The van der Waals surface area contributed by atoms with Crippen LogP contribution in [0, 0.1) is 12.8 Å². The van der Waals surface area contributed by atoms with Crippen molar-refractivity contribution in [1.82, 2.24) is 14.9 Å². The van der Waals surface area contributed by atoms with Gasteiger partial charge in [0.05, 0.1) is 13.2 Å². The van der Waals surface area contributed by atoms with E-state index in [2.05, 4.69) is 14.9 Å². The lowest BCUT2D eigenvalue weighted by atomic mass is 10.1. The standard InChI is InChI=1S/C12H20N4O/c1-9-5-11(13)15-12(14-9)7-16-4-3-10(6-16)8-17-2/h5,10H,3-4,6-8H2,1-2H3,(H2,13,14,15). The van der Waals surface area contributed by atoms with Gasteiger partial charge in [0, 0.05) is 25.4 Å². The number of ether oxygens (including phenoxy) is 1. The minimum Gasteiger partial charge on any atom is -0.384 e. The number of anilines is 1. The van der Waals surface area contributed by atoms with Gasteiger partial charge in [0.1, 0.15) is 11.6 Å². The van der Waals surface area contributed by atoms with Crippen LogP contribution in [0.25, 0.3) is 0 Å². The predicted molar refractivity (Wildman–Crippen MR) is 66.4 cm³/mol. The van der Waals surface area contributed by atoms with Crippen LogP contribution >= 0.6 is 0 Å². The fraction of sp³-hybridized carbons (Fsp3) is 0.667. The predicted octanol–water partition coefficient (Wildman–Crippen LogP) is 0.836. The number of rotatable bonds is 4. The molecule has 1 fully saturated rings. The van der Waals surface area contributed by atoms with Gasteiger partial charge in [0.15, 0.2) is 0 Å². The highest BCUT2D eigenvalue weighted by Gasteiger charge is 2.22. The van der Waals surface area contributed by atoms with Crippen LogP contribution in [0.5, 0.6) is 0 Å². The zero-order chi connectivity index (χ0) is 12.3. The van der Waals surface area contributed by atoms with Crippen LogP contribution < -0.4 is 5.73 Å². The lowest BCUT2D eigenvalue weighted by Gasteiger charge is -2.15. The number of nitrogens with two attached hydrogens (primary N) is 1. The van der Waals surface area contributed by atoms with E-state index in [1.807, 2.05) is 6.92 Å². The number of hydrogen-bond donors (Lipinski definition) is 1. The van der Waals surface area contributed by atoms with E-state index < -0.39 is 0 Å². The number of likely N-dealkylation sites (tertiary alicyclic amines) is 1. The van der Waals surface area contributed by atoms with Gasteiger partial charge < -0.3 is 10.5 Å². The molecule has 1 aliphatic heterocycles. The molecule has 0 bridgehead atoms. The van der Waals surface area contributed by atoms with Gasteiger partial charge in [-0.2, -0.15) is 0 Å². The van der Waals surface area contributed by atoms with Crippen molar-refractivity contribution in [2.45, 2.75) is 19.9 Å². The van der Waals surface area contributed by atoms with E-state index >= 15 is 0 Å². The summed E-state index contributed by atoms with van der Waals surface area (Å²) >= 11 is 0. The van der Waals surface area contributed by atoms with Crippen molar-refractivity contribution < 1.29 is 4.74 Å². The highest BCUT2D eigenvalue weighted by atomic mass is 16.5. The zero-order valence-corrected chi connectivity index (χ0v) is 10.5. The quantitative estimate of drug-likeness (QED) is 0.839. The second-order valence-corrected chi connectivity index (χ2v) is 4.70. The smallest absolute Gasteiger partial charge is 0.144 e. The normalized spacial score (nSPS) is 20.9. The molecule has 1 unspecified atom stereocenters. The Morgan fingerprint density at radius 3 is 3.06 bits per heavy atom. The van der Waals surface area contributed by atoms with Crippen LogP contribution in [0.3, 0.4) is 0 Å². The summed E-state index contributed by atoms with van der Waals surface area (Å²) in [6.45, 7) is 5.72. The molecule has 94 valence electrons. The Kier molecular flexibility index (Phi) is 3.91. The molecule has 1 aliphatic rings. The molecule has 2 rings (SSSR count). The molecule has 1 saturated heterocycles. The van der Waals surface area contributed by atoms with Gasteiger partial charge in [0.2, 0.25) is 0 Å². The molecule has 0 aliphatic carbocycles. The lowest BCUT2D eigenvalue weighted by molar-refractivity contribution is 0.152. The van der Waals surface area contributed by atoms with Crippen molar-refractivity contribution in [1.29, 1.82) is 0 Å². The number of aromatic nitrogens is 2. The average molecular weight is 236 g/mol. The van der Waals surface area contributed by atoms with E-state index in [1.54, 1.807) is 13.2 Å². The van der Waals surface area contributed by atoms with Crippen LogP contribution in [-0.2, 0) is 11.3 Å². The average Bonchev–Trinajstić information content (AvgIpc) is 2.64. The molecule has 0 saturated carbocycles. The molecule has 5 nitrogen and oxygen atoms in total. The highest BCUT2D eigenvalue weighted by Crippen LogP contribution is 2.18. The third-order valence-electron chi connectivity index (χ3n) is 3.06. The second-order valence-electron chi connectivity index (χ2n) is 4.70. The van der Waals surface area contributed by atoms with E-state index in [0.717, 1.165) is 37.8 Å². The molecule has 0 aromatic carbocycles. The fourth-order valence-corrected chi connectivity index (χ4v) is 2.36. The topological polar surface area (TPSA) is 64.3 Å². The minimum absolute atomic E-state index is 0.556. The molecular formula is C12H20N4O. The SMILES string of the molecule is COCC1CCN(Cc2nc(C)cc(N)n2)C1. The fourth-order valence-electron chi connectivity index (χ4n) is 2.36. The molecule has 2 N–H and O–H groups in total. The first-order valence-electron chi connectivity index (χ1n) is 5.98. The summed E-state index contributed by atoms with van der Waals surface area (Å²) in [7, 11) is 1.76. The summed E-state index contributed by atoms with van der Waals surface area (Å²) in [5.74, 6) is 2.02. The number of nitrogens with zero attached hydrogens (tertiary/aromatic N) is 3. The summed E-state index contributed by atoms with van der Waals surface area (Å²) in [6.07, 6.45) is 1.19. The Morgan fingerprint density at radius 1 is 1.53 bits per heavy atom. The molecule has 1 aromatic heterocycles. The van der Waals surface area contributed by atoms with Crippen LogP contribution in [0.2, 0.25) is 0 Å². The number of nitrogen functional groups attached to an aromatic ring is 1. The van der Waals surface area contributed by atoms with Crippen molar-refractivity contribution in [2.75, 3.05) is 32.5 Å². The molecule has 1 aromatic rings. The lowest BCUT2D eigenvalue weighted by Crippen LogP contribution is -2.23. The molecule has 0 amide bonds. The third kappa shape index (κ3) is 3.38. The number of aryl methyl sites for hydroxylation is 1. The van der Waals surface area contributed by atoms with Crippen molar-refractivity contribution >= 4 is 5.82 Å². The van der Waals surface area contributed by atoms with E-state index in [9.17, 15) is 0 Å². The van der Waals surface area contributed by atoms with Gasteiger partial charge in [-0.25, -0.2) is 9.97 Å². The molecule has 17 heavy (non-hydrogen) atoms. The van der Waals surface area contributed by atoms with Crippen LogP contribution in [0.15, 0.2) is 6.07 Å². The Labute approximate surface area is 102 Å². The van der Waals surface area contributed by atoms with Gasteiger partial charge in [-0.1, -0.05) is 0 Å². The van der Waals surface area contributed by atoms with Crippen molar-refractivity contribution in [2.24, 2.45) is 5.92 Å². The van der Waals surface area contributed by atoms with Gasteiger partial charge >= 0.3 is 0 Å². The maximum absolute atomic E-state index is 5.72. The van der Waals surface area contributed by atoms with Gasteiger partial charge in [-0.05, 0) is 25.8 Å². The van der Waals surface area contributed by atoms with Crippen LogP contribution in [0.1, 0.15) is 17.9 Å². The molecule has 0 spiro atoms. The maximum atomic E-state index is 5.72. The Balaban J connectivity index is 1.93. The van der Waals surface area contributed by atoms with Gasteiger partial charge in [0.25, 0.3) is 0 Å². The number of methoxy groups -OCH3 is 1. The first-order chi connectivity index (χ1) is 8.17. The maximum Gasteiger partial charge on any atom is 0.144 e. The summed E-state index contributed by atoms with van der Waals surface area (Å²) < 4.78 is 5.18. The molecule has 5 heteroatoms. The summed E-state index contributed by atoms with van der Waals surface area (Å²) in [5.41, 5.74) is 6.65. The highest BCUT2D eigenvalue weighted by molar-refractivity contribution is 5.29. The van der Waals surface area contributed by atoms with E-state index in [0.29, 0.717) is 11.7 Å². The molecule has 0 radical (unpaired) electrons. The Hall–Kier alpha value is -1.20. The van der Waals surface area contributed by atoms with Gasteiger partial charge in [-0.3, -0.25) is 4.90 Å². The van der Waals surface area contributed by atoms with Crippen LogP contribution in [0.4, 0.5) is 5.82 Å². The summed E-state index contributed by atoms with van der Waals surface area (Å²) in [6, 6.07) is 1.79. The minimum atomic E-state index is 0.556. The van der Waals surface area contributed by atoms with Crippen LogP contribution in [-0.4, -0.2) is 41.7 Å². The van der Waals surface area contributed by atoms with E-state index in [1.165, 1.54) is 6.42 Å². The largest absolute Gasteiger partial charge is 0.384 e. The van der Waals surface area contributed by atoms with Crippen molar-refractivity contribution in [3.8, 4) is 0 Å². The number of hydrogen-bond acceptors (Lipinski definition) is 5. The van der Waals surface area contributed by atoms with Crippen molar-refractivity contribution in [3.05, 3.63) is 17.6 Å². The molecule has 2 heterocycles. The zero-order valence-electron chi connectivity index (χ0n) is 10.5. The third-order valence-corrected chi connectivity index (χ3v) is 3.06. The Morgan fingerprint density at radius 2 is 2.35 bits per heavy atom. The second kappa shape index (κ2) is 5.42. The first-order valence-corrected chi connectivity index (χ1v) is 5.98. The molecule has 1 atom stereocenters. The monoisotopic (exact) mass is 236 g/mol. The molecular weight excluding hydrogens is 216 g/mol. The van der Waals surface area contributed by atoms with E-state index in [4.69, 9.17) is 10.5 Å². The van der Waals surface area contributed by atoms with E-state index in [-0.39, 0.29) is 0 Å². The first kappa shape index (κ1) is 12.3. The Bertz CT molecular complexity index is 363. The van der Waals surface area contributed by atoms with Gasteiger partial charge in [-0.15, -0.1) is 0 Å². The summed E-state index contributed by atoms with van der Waals surface area (Å²) in [5, 5.41) is 0. The summed E-state index contributed by atoms with van der Waals surface area (Å²) in [4.78, 5) is 11.0.